The third-order valence-corrected chi connectivity index (χ3v) is 3.95. The molecule has 1 heterocycles. The molecule has 0 saturated carbocycles. The molecule has 1 aliphatic heterocycles. The van der Waals surface area contributed by atoms with E-state index in [9.17, 15) is 8.78 Å². The Morgan fingerprint density at radius 2 is 2.05 bits per heavy atom. The lowest BCUT2D eigenvalue weighted by Gasteiger charge is -2.12. The van der Waals surface area contributed by atoms with Crippen LogP contribution in [-0.2, 0) is 13.0 Å². The van der Waals surface area contributed by atoms with Crippen molar-refractivity contribution in [3.8, 4) is 5.75 Å². The molecule has 0 aromatic heterocycles. The van der Waals surface area contributed by atoms with E-state index in [4.69, 9.17) is 4.74 Å². The van der Waals surface area contributed by atoms with Crippen molar-refractivity contribution >= 4 is 15.9 Å². The van der Waals surface area contributed by atoms with Gasteiger partial charge in [0.15, 0.2) is 0 Å². The van der Waals surface area contributed by atoms with Crippen LogP contribution in [0.25, 0.3) is 0 Å². The molecular formula is C16H14BrF2NO. The van der Waals surface area contributed by atoms with Gasteiger partial charge in [0.05, 0.1) is 0 Å². The summed E-state index contributed by atoms with van der Waals surface area (Å²) in [5.74, 6) is 0.252. The molecule has 3 rings (SSSR count). The predicted octanol–water partition coefficient (Wildman–Crippen LogP) is 3.82. The molecule has 0 amide bonds. The van der Waals surface area contributed by atoms with Crippen LogP contribution in [0.4, 0.5) is 8.78 Å². The highest BCUT2D eigenvalue weighted by Gasteiger charge is 2.22. The van der Waals surface area contributed by atoms with Gasteiger partial charge < -0.3 is 10.1 Å². The number of hydrogen-bond donors (Lipinski definition) is 1. The van der Waals surface area contributed by atoms with Gasteiger partial charge in [-0.15, -0.1) is 0 Å². The lowest BCUT2D eigenvalue weighted by atomic mass is 10.1. The van der Waals surface area contributed by atoms with Crippen molar-refractivity contribution < 1.29 is 13.5 Å². The lowest BCUT2D eigenvalue weighted by Crippen LogP contribution is -2.29. The summed E-state index contributed by atoms with van der Waals surface area (Å²) in [6.07, 6.45) is 0.623. The van der Waals surface area contributed by atoms with Crippen LogP contribution < -0.4 is 10.1 Å². The summed E-state index contributed by atoms with van der Waals surface area (Å²) >= 11 is 3.33. The van der Waals surface area contributed by atoms with Crippen LogP contribution in [0.3, 0.4) is 0 Å². The topological polar surface area (TPSA) is 21.3 Å². The minimum absolute atomic E-state index is 0.0444. The number of fused-ring (bicyclic) bond motifs is 1. The average Bonchev–Trinajstić information content (AvgIpc) is 2.84. The van der Waals surface area contributed by atoms with Crippen molar-refractivity contribution in [3.05, 3.63) is 63.6 Å². The van der Waals surface area contributed by atoms with Gasteiger partial charge in [-0.05, 0) is 36.4 Å². The smallest absolute Gasteiger partial charge is 0.127 e. The molecule has 110 valence electrons. The zero-order chi connectivity index (χ0) is 14.8. The van der Waals surface area contributed by atoms with Crippen molar-refractivity contribution in [2.24, 2.45) is 0 Å². The summed E-state index contributed by atoms with van der Waals surface area (Å²) in [6.45, 7) is 1.01. The third kappa shape index (κ3) is 3.41. The first-order valence-electron chi connectivity index (χ1n) is 6.71. The van der Waals surface area contributed by atoms with Gasteiger partial charge in [-0.25, -0.2) is 8.78 Å². The second kappa shape index (κ2) is 6.12. The molecule has 0 radical (unpaired) electrons. The normalized spacial score (nSPS) is 16.6. The summed E-state index contributed by atoms with van der Waals surface area (Å²) in [7, 11) is 0. The Balaban J connectivity index is 1.54. The van der Waals surface area contributed by atoms with Crippen LogP contribution in [0.2, 0.25) is 0 Å². The molecule has 0 saturated heterocycles. The number of ether oxygens (including phenoxy) is 1. The lowest BCUT2D eigenvalue weighted by molar-refractivity contribution is 0.227. The zero-order valence-electron chi connectivity index (χ0n) is 11.2. The second-order valence-corrected chi connectivity index (χ2v) is 5.98. The number of hydrogen-bond acceptors (Lipinski definition) is 2. The van der Waals surface area contributed by atoms with Crippen molar-refractivity contribution in [3.63, 3.8) is 0 Å². The summed E-state index contributed by atoms with van der Waals surface area (Å²) in [5, 5.41) is 3.18. The Labute approximate surface area is 130 Å². The minimum Gasteiger partial charge on any atom is -0.488 e. The van der Waals surface area contributed by atoms with Crippen molar-refractivity contribution in [1.82, 2.24) is 5.32 Å². The molecule has 0 fully saturated rings. The van der Waals surface area contributed by atoms with Crippen LogP contribution in [0.15, 0.2) is 40.9 Å². The predicted molar refractivity (Wildman–Crippen MR) is 80.3 cm³/mol. The van der Waals surface area contributed by atoms with Gasteiger partial charge in [-0.1, -0.05) is 15.9 Å². The van der Waals surface area contributed by atoms with E-state index in [-0.39, 0.29) is 17.7 Å². The van der Waals surface area contributed by atoms with Crippen LogP contribution >= 0.6 is 15.9 Å². The maximum Gasteiger partial charge on any atom is 0.127 e. The fourth-order valence-corrected chi connectivity index (χ4v) is 2.86. The fraction of sp³-hybridized carbons (Fsp3) is 0.250. The minimum atomic E-state index is -0.248. The zero-order valence-corrected chi connectivity index (χ0v) is 12.8. The third-order valence-electron chi connectivity index (χ3n) is 3.46. The Morgan fingerprint density at radius 3 is 2.90 bits per heavy atom. The Kier molecular flexibility index (Phi) is 4.22. The number of benzene rings is 2. The van der Waals surface area contributed by atoms with E-state index in [2.05, 4.69) is 21.2 Å². The van der Waals surface area contributed by atoms with E-state index >= 15 is 0 Å². The van der Waals surface area contributed by atoms with Crippen molar-refractivity contribution in [2.45, 2.75) is 19.1 Å². The van der Waals surface area contributed by atoms with Gasteiger partial charge in [0, 0.05) is 35.1 Å². The number of rotatable bonds is 4. The van der Waals surface area contributed by atoms with Gasteiger partial charge in [0.1, 0.15) is 23.5 Å². The largest absolute Gasteiger partial charge is 0.488 e. The molecule has 1 unspecified atom stereocenters. The quantitative estimate of drug-likeness (QED) is 0.901. The molecule has 1 N–H and O–H groups in total. The molecule has 0 bridgehead atoms. The van der Waals surface area contributed by atoms with E-state index in [1.54, 1.807) is 18.2 Å². The van der Waals surface area contributed by atoms with Crippen molar-refractivity contribution in [2.75, 3.05) is 6.54 Å². The van der Waals surface area contributed by atoms with Crippen LogP contribution in [-0.4, -0.2) is 12.6 Å². The van der Waals surface area contributed by atoms with Crippen molar-refractivity contribution in [1.29, 1.82) is 0 Å². The highest BCUT2D eigenvalue weighted by molar-refractivity contribution is 9.10. The van der Waals surface area contributed by atoms with Gasteiger partial charge >= 0.3 is 0 Å². The first kappa shape index (κ1) is 14.5. The maximum absolute atomic E-state index is 13.6. The standard InChI is InChI=1S/C16H14BrF2NO/c17-12-1-3-15(19)11(5-12)8-20-9-14-7-10-6-13(18)2-4-16(10)21-14/h1-6,14,20H,7-9H2. The number of nitrogens with one attached hydrogen (secondary N) is 1. The molecule has 21 heavy (non-hydrogen) atoms. The molecule has 2 aromatic carbocycles. The summed E-state index contributed by atoms with van der Waals surface area (Å²) in [6, 6.07) is 9.41. The molecule has 5 heteroatoms. The fourth-order valence-electron chi connectivity index (χ4n) is 2.45. The molecule has 1 atom stereocenters. The number of halogens is 3. The average molecular weight is 354 g/mol. The van der Waals surface area contributed by atoms with E-state index in [1.807, 2.05) is 0 Å². The molecule has 2 nitrogen and oxygen atoms in total. The van der Waals surface area contributed by atoms with Gasteiger partial charge in [-0.2, -0.15) is 0 Å². The highest BCUT2D eigenvalue weighted by Crippen LogP contribution is 2.29. The van der Waals surface area contributed by atoms with Gasteiger partial charge in [0.2, 0.25) is 0 Å². The van der Waals surface area contributed by atoms with Crippen LogP contribution in [0.5, 0.6) is 5.75 Å². The molecule has 1 aliphatic rings. The van der Waals surface area contributed by atoms with Crippen LogP contribution in [0, 0.1) is 11.6 Å². The van der Waals surface area contributed by atoms with E-state index in [0.717, 1.165) is 15.8 Å². The van der Waals surface area contributed by atoms with Gasteiger partial charge in [0.25, 0.3) is 0 Å². The van der Waals surface area contributed by atoms with E-state index in [1.165, 1.54) is 18.2 Å². The Bertz CT molecular complexity index is 663. The SMILES string of the molecule is Fc1ccc2c(c1)CC(CNCc1cc(Br)ccc1F)O2. The summed E-state index contributed by atoms with van der Waals surface area (Å²) in [5.41, 5.74) is 1.49. The Morgan fingerprint density at radius 1 is 1.19 bits per heavy atom. The molecule has 0 aliphatic carbocycles. The molecule has 2 aromatic rings. The van der Waals surface area contributed by atoms with Gasteiger partial charge in [-0.3, -0.25) is 0 Å². The first-order chi connectivity index (χ1) is 10.1. The summed E-state index contributed by atoms with van der Waals surface area (Å²) in [4.78, 5) is 0. The van der Waals surface area contributed by atoms with E-state index < -0.39 is 0 Å². The first-order valence-corrected chi connectivity index (χ1v) is 7.51. The second-order valence-electron chi connectivity index (χ2n) is 5.06. The molecular weight excluding hydrogens is 340 g/mol. The Hall–Kier alpha value is -1.46. The molecule has 0 spiro atoms. The van der Waals surface area contributed by atoms with E-state index in [0.29, 0.717) is 25.1 Å². The highest BCUT2D eigenvalue weighted by atomic mass is 79.9. The maximum atomic E-state index is 13.6. The summed E-state index contributed by atoms with van der Waals surface area (Å²) < 4.78 is 33.3. The monoisotopic (exact) mass is 353 g/mol. The van der Waals surface area contributed by atoms with Crippen LogP contribution in [0.1, 0.15) is 11.1 Å².